The molecular weight excluding hydrogens is 337 g/mol. The third-order valence-corrected chi connectivity index (χ3v) is 4.94. The molecule has 0 saturated carbocycles. The molecule has 1 aliphatic rings. The van der Waals surface area contributed by atoms with Crippen LogP contribution in [0.25, 0.3) is 10.9 Å². The lowest BCUT2D eigenvalue weighted by atomic mass is 10.2. The number of anilines is 1. The normalized spacial score (nSPS) is 21.0. The summed E-state index contributed by atoms with van der Waals surface area (Å²) in [6, 6.07) is 3.47. The maximum atomic E-state index is 12.3. The smallest absolute Gasteiger partial charge is 0.242 e. The number of nitrogens with two attached hydrogens (primary N) is 1. The van der Waals surface area contributed by atoms with Crippen molar-refractivity contribution in [1.82, 2.24) is 14.9 Å². The molecular formula is C15H17Cl2N5O. The molecule has 6 nitrogen and oxygen atoms in total. The summed E-state index contributed by atoms with van der Waals surface area (Å²) in [7, 11) is 0. The van der Waals surface area contributed by atoms with Crippen LogP contribution in [-0.2, 0) is 4.79 Å². The van der Waals surface area contributed by atoms with E-state index in [1.54, 1.807) is 17.0 Å². The van der Waals surface area contributed by atoms with Crippen molar-refractivity contribution in [2.75, 3.05) is 18.4 Å². The molecule has 3 N–H and O–H groups in total. The average Bonchev–Trinajstić information content (AvgIpc) is 2.86. The predicted molar refractivity (Wildman–Crippen MR) is 91.8 cm³/mol. The first kappa shape index (κ1) is 16.2. The Bertz CT molecular complexity index is 754. The Kier molecular flexibility index (Phi) is 4.57. The van der Waals surface area contributed by atoms with Crippen molar-refractivity contribution < 1.29 is 4.79 Å². The summed E-state index contributed by atoms with van der Waals surface area (Å²) in [6.45, 7) is 2.80. The van der Waals surface area contributed by atoms with Gasteiger partial charge >= 0.3 is 0 Å². The molecule has 1 fully saturated rings. The maximum Gasteiger partial charge on any atom is 0.242 e. The zero-order chi connectivity index (χ0) is 16.6. The van der Waals surface area contributed by atoms with E-state index in [0.717, 1.165) is 11.8 Å². The highest BCUT2D eigenvalue weighted by molar-refractivity contribution is 6.42. The second kappa shape index (κ2) is 6.47. The minimum atomic E-state index is -0.00253. The minimum absolute atomic E-state index is 0.00253. The van der Waals surface area contributed by atoms with E-state index >= 15 is 0 Å². The van der Waals surface area contributed by atoms with Gasteiger partial charge in [0.1, 0.15) is 12.1 Å². The number of amides is 1. The molecule has 0 bridgehead atoms. The van der Waals surface area contributed by atoms with Gasteiger partial charge in [0.05, 0.1) is 22.1 Å². The molecule has 0 spiro atoms. The zero-order valence-electron chi connectivity index (χ0n) is 12.6. The lowest BCUT2D eigenvalue weighted by molar-refractivity contribution is -0.129. The van der Waals surface area contributed by atoms with Crippen LogP contribution in [0.4, 0.5) is 5.82 Å². The average molecular weight is 354 g/mol. The molecule has 23 heavy (non-hydrogen) atoms. The minimum Gasteiger partial charge on any atom is -0.360 e. The number of fused-ring (bicyclic) bond motifs is 1. The highest BCUT2D eigenvalue weighted by Crippen LogP contribution is 2.29. The molecule has 0 aliphatic carbocycles. The van der Waals surface area contributed by atoms with Crippen LogP contribution in [0, 0.1) is 0 Å². The number of likely N-dealkylation sites (tertiary alicyclic amines) is 1. The van der Waals surface area contributed by atoms with Crippen molar-refractivity contribution in [3.8, 4) is 0 Å². The van der Waals surface area contributed by atoms with E-state index in [4.69, 9.17) is 28.9 Å². The lowest BCUT2D eigenvalue weighted by Crippen LogP contribution is -2.42. The number of nitrogens with one attached hydrogen (secondary N) is 1. The molecule has 8 heteroatoms. The lowest BCUT2D eigenvalue weighted by Gasteiger charge is -2.23. The summed E-state index contributed by atoms with van der Waals surface area (Å²) < 4.78 is 0. The highest BCUT2D eigenvalue weighted by Gasteiger charge is 2.31. The predicted octanol–water partition coefficient (Wildman–Crippen LogP) is 2.30. The number of carbonyl (C=O) groups is 1. The molecule has 2 unspecified atom stereocenters. The van der Waals surface area contributed by atoms with Gasteiger partial charge in [0.25, 0.3) is 0 Å². The van der Waals surface area contributed by atoms with E-state index in [0.29, 0.717) is 27.9 Å². The molecule has 2 aromatic rings. The first-order valence-corrected chi connectivity index (χ1v) is 8.11. The van der Waals surface area contributed by atoms with Crippen LogP contribution in [0.15, 0.2) is 18.5 Å². The Hall–Kier alpha value is -1.63. The molecule has 1 aromatic carbocycles. The van der Waals surface area contributed by atoms with E-state index < -0.39 is 0 Å². The summed E-state index contributed by atoms with van der Waals surface area (Å²) in [4.78, 5) is 22.5. The van der Waals surface area contributed by atoms with Crippen molar-refractivity contribution in [1.29, 1.82) is 0 Å². The standard InChI is InChI=1S/C15H17Cl2N5O/c1-8-12(18)2-3-22(8)14(23)6-19-15-9-4-10(16)11(17)5-13(9)20-7-21-15/h4-5,7-8,12H,2-3,6,18H2,1H3,(H,19,20,21). The fraction of sp³-hybridized carbons (Fsp3) is 0.400. The molecule has 1 aliphatic heterocycles. The van der Waals surface area contributed by atoms with Gasteiger partial charge in [0.15, 0.2) is 0 Å². The van der Waals surface area contributed by atoms with Gasteiger partial charge in [-0.2, -0.15) is 0 Å². The van der Waals surface area contributed by atoms with E-state index in [-0.39, 0.29) is 24.5 Å². The molecule has 0 radical (unpaired) electrons. The van der Waals surface area contributed by atoms with Crippen molar-refractivity contribution in [3.05, 3.63) is 28.5 Å². The SMILES string of the molecule is CC1C(N)CCN1C(=O)CNc1ncnc2cc(Cl)c(Cl)cc12. The van der Waals surface area contributed by atoms with Gasteiger partial charge in [-0.05, 0) is 25.5 Å². The van der Waals surface area contributed by atoms with Gasteiger partial charge < -0.3 is 16.0 Å². The van der Waals surface area contributed by atoms with E-state index in [9.17, 15) is 4.79 Å². The van der Waals surface area contributed by atoms with Gasteiger partial charge in [-0.25, -0.2) is 9.97 Å². The Labute approximate surface area is 144 Å². The molecule has 1 aromatic heterocycles. The van der Waals surface area contributed by atoms with E-state index in [2.05, 4.69) is 15.3 Å². The topological polar surface area (TPSA) is 84.1 Å². The van der Waals surface area contributed by atoms with Gasteiger partial charge in [0.2, 0.25) is 5.91 Å². The number of nitrogens with zero attached hydrogens (tertiary/aromatic N) is 3. The number of hydrogen-bond donors (Lipinski definition) is 2. The van der Waals surface area contributed by atoms with E-state index in [1.807, 2.05) is 6.92 Å². The molecule has 1 amide bonds. The molecule has 2 heterocycles. The maximum absolute atomic E-state index is 12.3. The Morgan fingerprint density at radius 2 is 2.13 bits per heavy atom. The van der Waals surface area contributed by atoms with Crippen molar-refractivity contribution >= 4 is 45.8 Å². The number of benzene rings is 1. The fourth-order valence-electron chi connectivity index (χ4n) is 2.77. The summed E-state index contributed by atoms with van der Waals surface area (Å²) in [5.41, 5.74) is 6.62. The monoisotopic (exact) mass is 353 g/mol. The third-order valence-electron chi connectivity index (χ3n) is 4.22. The Morgan fingerprint density at radius 1 is 1.39 bits per heavy atom. The molecule has 122 valence electrons. The van der Waals surface area contributed by atoms with Crippen LogP contribution in [-0.4, -0.2) is 45.9 Å². The van der Waals surface area contributed by atoms with Crippen LogP contribution >= 0.6 is 23.2 Å². The number of halogens is 2. The molecule has 3 rings (SSSR count). The van der Waals surface area contributed by atoms with Crippen LogP contribution in [0.5, 0.6) is 0 Å². The first-order valence-electron chi connectivity index (χ1n) is 7.36. The van der Waals surface area contributed by atoms with E-state index in [1.165, 1.54) is 6.33 Å². The second-order valence-corrected chi connectivity index (χ2v) is 6.45. The Morgan fingerprint density at radius 3 is 2.83 bits per heavy atom. The Balaban J connectivity index is 1.77. The van der Waals surface area contributed by atoms with Crippen LogP contribution in [0.3, 0.4) is 0 Å². The second-order valence-electron chi connectivity index (χ2n) is 5.64. The van der Waals surface area contributed by atoms with Gasteiger partial charge in [-0.1, -0.05) is 23.2 Å². The van der Waals surface area contributed by atoms with Crippen LogP contribution < -0.4 is 11.1 Å². The fourth-order valence-corrected chi connectivity index (χ4v) is 3.09. The molecule has 1 saturated heterocycles. The van der Waals surface area contributed by atoms with Crippen LogP contribution in [0.2, 0.25) is 10.0 Å². The third kappa shape index (κ3) is 3.20. The van der Waals surface area contributed by atoms with Crippen molar-refractivity contribution in [2.45, 2.75) is 25.4 Å². The highest BCUT2D eigenvalue weighted by atomic mass is 35.5. The van der Waals surface area contributed by atoms with Crippen molar-refractivity contribution in [3.63, 3.8) is 0 Å². The first-order chi connectivity index (χ1) is 11.0. The van der Waals surface area contributed by atoms with Crippen LogP contribution in [0.1, 0.15) is 13.3 Å². The quantitative estimate of drug-likeness (QED) is 0.884. The zero-order valence-corrected chi connectivity index (χ0v) is 14.1. The summed E-state index contributed by atoms with van der Waals surface area (Å²) in [5.74, 6) is 0.551. The number of aromatic nitrogens is 2. The largest absolute Gasteiger partial charge is 0.360 e. The summed E-state index contributed by atoms with van der Waals surface area (Å²) in [6.07, 6.45) is 2.26. The number of carbonyl (C=O) groups excluding carboxylic acids is 1. The number of rotatable bonds is 3. The summed E-state index contributed by atoms with van der Waals surface area (Å²) >= 11 is 12.1. The number of hydrogen-bond acceptors (Lipinski definition) is 5. The van der Waals surface area contributed by atoms with Gasteiger partial charge in [-0.15, -0.1) is 0 Å². The van der Waals surface area contributed by atoms with Gasteiger partial charge in [-0.3, -0.25) is 4.79 Å². The summed E-state index contributed by atoms with van der Waals surface area (Å²) in [5, 5.41) is 4.63. The van der Waals surface area contributed by atoms with Gasteiger partial charge in [0, 0.05) is 24.0 Å². The van der Waals surface area contributed by atoms with Crippen molar-refractivity contribution in [2.24, 2.45) is 5.73 Å². The molecule has 2 atom stereocenters.